The number of guanidine groups is 1. The first-order chi connectivity index (χ1) is 11.2. The van der Waals surface area contributed by atoms with Crippen LogP contribution in [0, 0.1) is 5.92 Å². The highest BCUT2D eigenvalue weighted by Gasteiger charge is 2.25. The van der Waals surface area contributed by atoms with Crippen LogP contribution in [-0.2, 0) is 4.74 Å². The van der Waals surface area contributed by atoms with Crippen molar-refractivity contribution in [1.29, 1.82) is 0 Å². The molecule has 2 N–H and O–H groups in total. The molecule has 0 radical (unpaired) electrons. The molecular formula is C17H28N4OS. The summed E-state index contributed by atoms with van der Waals surface area (Å²) in [5.41, 5.74) is 6.21. The largest absolute Gasteiger partial charge is 0.378 e. The Kier molecular flexibility index (Phi) is 5.91. The van der Waals surface area contributed by atoms with Crippen LogP contribution in [0.4, 0.5) is 0 Å². The van der Waals surface area contributed by atoms with Crippen LogP contribution < -0.4 is 5.73 Å². The number of aliphatic imine (C=N–C) groups is 1. The number of hydrogen-bond donors (Lipinski definition) is 1. The van der Waals surface area contributed by atoms with E-state index in [1.54, 1.807) is 0 Å². The van der Waals surface area contributed by atoms with Gasteiger partial charge < -0.3 is 15.4 Å². The van der Waals surface area contributed by atoms with Gasteiger partial charge in [-0.2, -0.15) is 0 Å². The van der Waals surface area contributed by atoms with Gasteiger partial charge >= 0.3 is 0 Å². The van der Waals surface area contributed by atoms with Crippen molar-refractivity contribution in [3.05, 3.63) is 22.4 Å². The lowest BCUT2D eigenvalue weighted by molar-refractivity contribution is 0.0672. The molecule has 0 aromatic carbocycles. The van der Waals surface area contributed by atoms with E-state index in [4.69, 9.17) is 15.5 Å². The second-order valence-electron chi connectivity index (χ2n) is 6.55. The van der Waals surface area contributed by atoms with Crippen molar-refractivity contribution in [1.82, 2.24) is 9.80 Å². The van der Waals surface area contributed by atoms with Crippen molar-refractivity contribution in [3.63, 3.8) is 0 Å². The van der Waals surface area contributed by atoms with Crippen molar-refractivity contribution in [2.75, 3.05) is 45.9 Å². The number of likely N-dealkylation sites (tertiary alicyclic amines) is 1. The molecule has 2 aliphatic heterocycles. The second kappa shape index (κ2) is 8.13. The van der Waals surface area contributed by atoms with Gasteiger partial charge in [-0.3, -0.25) is 9.89 Å². The molecule has 0 spiro atoms. The summed E-state index contributed by atoms with van der Waals surface area (Å²) in [6, 6.07) is 4.73. The second-order valence-corrected chi connectivity index (χ2v) is 7.53. The molecule has 6 heteroatoms. The van der Waals surface area contributed by atoms with Gasteiger partial charge in [0, 0.05) is 18.0 Å². The fourth-order valence-electron chi connectivity index (χ4n) is 3.28. The minimum atomic E-state index is 0.363. The van der Waals surface area contributed by atoms with Gasteiger partial charge in [-0.15, -0.1) is 11.3 Å². The highest BCUT2D eigenvalue weighted by Crippen LogP contribution is 2.29. The number of hydrogen-bond acceptors (Lipinski definition) is 4. The molecule has 1 unspecified atom stereocenters. The minimum Gasteiger partial charge on any atom is -0.378 e. The van der Waals surface area contributed by atoms with Crippen LogP contribution in [-0.4, -0.2) is 61.7 Å². The molecule has 3 rings (SSSR count). The van der Waals surface area contributed by atoms with E-state index < -0.39 is 0 Å². The van der Waals surface area contributed by atoms with E-state index in [1.165, 1.54) is 17.7 Å². The Bertz CT molecular complexity index is 491. The SMILES string of the molecule is CC1CCN(C(CN=C(N)N2CCOCC2)c2cccs2)CC1. The molecule has 0 amide bonds. The van der Waals surface area contributed by atoms with Crippen LogP contribution in [0.5, 0.6) is 0 Å². The summed E-state index contributed by atoms with van der Waals surface area (Å²) in [7, 11) is 0. The van der Waals surface area contributed by atoms with Gasteiger partial charge in [0.1, 0.15) is 0 Å². The van der Waals surface area contributed by atoms with Crippen molar-refractivity contribution in [2.24, 2.45) is 16.6 Å². The summed E-state index contributed by atoms with van der Waals surface area (Å²) in [5, 5.41) is 2.16. The van der Waals surface area contributed by atoms with Gasteiger partial charge in [0.2, 0.25) is 0 Å². The summed E-state index contributed by atoms with van der Waals surface area (Å²) in [6.07, 6.45) is 2.56. The zero-order valence-corrected chi connectivity index (χ0v) is 14.8. The Labute approximate surface area is 143 Å². The first-order valence-electron chi connectivity index (χ1n) is 8.64. The molecule has 2 fully saturated rings. The lowest BCUT2D eigenvalue weighted by Gasteiger charge is -2.36. The van der Waals surface area contributed by atoms with E-state index in [9.17, 15) is 0 Å². The molecule has 2 saturated heterocycles. The van der Waals surface area contributed by atoms with Gasteiger partial charge in [0.15, 0.2) is 5.96 Å². The Morgan fingerprint density at radius 3 is 2.74 bits per heavy atom. The number of rotatable bonds is 4. The predicted octanol–water partition coefficient (Wildman–Crippen LogP) is 2.17. The molecule has 128 valence electrons. The van der Waals surface area contributed by atoms with Crippen molar-refractivity contribution < 1.29 is 4.74 Å². The smallest absolute Gasteiger partial charge is 0.191 e. The Morgan fingerprint density at radius 1 is 1.35 bits per heavy atom. The van der Waals surface area contributed by atoms with E-state index in [0.717, 1.165) is 51.9 Å². The number of nitrogens with two attached hydrogens (primary N) is 1. The molecule has 3 heterocycles. The van der Waals surface area contributed by atoms with Crippen LogP contribution in [0.3, 0.4) is 0 Å². The van der Waals surface area contributed by atoms with Crippen molar-refractivity contribution in [3.8, 4) is 0 Å². The van der Waals surface area contributed by atoms with E-state index in [-0.39, 0.29) is 0 Å². The van der Waals surface area contributed by atoms with Gasteiger partial charge in [0.05, 0.1) is 25.8 Å². The fraction of sp³-hybridized carbons (Fsp3) is 0.706. The average molecular weight is 337 g/mol. The highest BCUT2D eigenvalue weighted by atomic mass is 32.1. The minimum absolute atomic E-state index is 0.363. The van der Waals surface area contributed by atoms with Crippen LogP contribution in [0.25, 0.3) is 0 Å². The third-order valence-corrected chi connectivity index (χ3v) is 5.87. The van der Waals surface area contributed by atoms with E-state index >= 15 is 0 Å². The molecule has 2 aliphatic rings. The molecule has 0 bridgehead atoms. The number of ether oxygens (including phenoxy) is 1. The van der Waals surface area contributed by atoms with Gasteiger partial charge in [0.25, 0.3) is 0 Å². The first-order valence-corrected chi connectivity index (χ1v) is 9.52. The van der Waals surface area contributed by atoms with Crippen LogP contribution in [0.1, 0.15) is 30.7 Å². The summed E-state index contributed by atoms with van der Waals surface area (Å²) in [5.74, 6) is 1.51. The van der Waals surface area contributed by atoms with Crippen molar-refractivity contribution in [2.45, 2.75) is 25.8 Å². The monoisotopic (exact) mass is 336 g/mol. The molecule has 0 aliphatic carbocycles. The first kappa shape index (κ1) is 16.7. The van der Waals surface area contributed by atoms with Crippen LogP contribution >= 0.6 is 11.3 Å². The number of piperidine rings is 1. The average Bonchev–Trinajstić information content (AvgIpc) is 3.11. The molecule has 1 aromatic rings. The van der Waals surface area contributed by atoms with Gasteiger partial charge in [-0.1, -0.05) is 13.0 Å². The number of nitrogens with zero attached hydrogens (tertiary/aromatic N) is 3. The Morgan fingerprint density at radius 2 is 2.09 bits per heavy atom. The maximum atomic E-state index is 6.21. The van der Waals surface area contributed by atoms with Gasteiger partial charge in [-0.25, -0.2) is 0 Å². The molecule has 5 nitrogen and oxygen atoms in total. The van der Waals surface area contributed by atoms with E-state index in [2.05, 4.69) is 34.2 Å². The summed E-state index contributed by atoms with van der Waals surface area (Å²) >= 11 is 1.83. The predicted molar refractivity (Wildman–Crippen MR) is 95.9 cm³/mol. The highest BCUT2D eigenvalue weighted by molar-refractivity contribution is 7.10. The quantitative estimate of drug-likeness (QED) is 0.676. The maximum Gasteiger partial charge on any atom is 0.191 e. The standard InChI is InChI=1S/C17H28N4OS/c1-14-4-6-20(7-5-14)15(16-3-2-12-23-16)13-19-17(18)21-8-10-22-11-9-21/h2-3,12,14-15H,4-11,13H2,1H3,(H2,18,19). The zero-order chi connectivity index (χ0) is 16.1. The third-order valence-electron chi connectivity index (χ3n) is 4.89. The van der Waals surface area contributed by atoms with Crippen LogP contribution in [0.2, 0.25) is 0 Å². The zero-order valence-electron chi connectivity index (χ0n) is 14.0. The lowest BCUT2D eigenvalue weighted by atomic mass is 9.97. The molecule has 0 saturated carbocycles. The summed E-state index contributed by atoms with van der Waals surface area (Å²) in [6.45, 7) is 8.61. The maximum absolute atomic E-state index is 6.21. The number of morpholine rings is 1. The molecule has 23 heavy (non-hydrogen) atoms. The van der Waals surface area contributed by atoms with Crippen molar-refractivity contribution >= 4 is 17.3 Å². The van der Waals surface area contributed by atoms with Gasteiger partial charge in [-0.05, 0) is 43.3 Å². The normalized spacial score (nSPS) is 23.2. The Hall–Kier alpha value is -1.11. The third kappa shape index (κ3) is 4.46. The van der Waals surface area contributed by atoms with Crippen LogP contribution in [0.15, 0.2) is 22.5 Å². The van der Waals surface area contributed by atoms with E-state index in [0.29, 0.717) is 12.0 Å². The van der Waals surface area contributed by atoms with E-state index in [1.807, 2.05) is 11.3 Å². The number of thiophene rings is 1. The lowest BCUT2D eigenvalue weighted by Crippen LogP contribution is -2.45. The molecule has 1 atom stereocenters. The molecule has 1 aromatic heterocycles. The topological polar surface area (TPSA) is 54.1 Å². The Balaban J connectivity index is 1.66. The molecular weight excluding hydrogens is 308 g/mol. The fourth-order valence-corrected chi connectivity index (χ4v) is 4.13. The summed E-state index contributed by atoms with van der Waals surface area (Å²) in [4.78, 5) is 10.8. The summed E-state index contributed by atoms with van der Waals surface area (Å²) < 4.78 is 5.38.